The molecule has 1 aliphatic heterocycles. The normalized spacial score (nSPS) is 25.1. The summed E-state index contributed by atoms with van der Waals surface area (Å²) >= 11 is 0. The third-order valence-electron chi connectivity index (χ3n) is 5.29. The number of nitrogens with zero attached hydrogens (tertiary/aromatic N) is 3. The summed E-state index contributed by atoms with van der Waals surface area (Å²) in [7, 11) is 0. The molecule has 2 aliphatic carbocycles. The zero-order valence-electron chi connectivity index (χ0n) is 14.2. The fraction of sp³-hybridized carbons (Fsp3) is 0.941. The zero-order valence-corrected chi connectivity index (χ0v) is 15.0. The highest BCUT2D eigenvalue weighted by Gasteiger charge is 2.28. The minimum Gasteiger partial charge on any atom is -0.378 e. The standard InChI is InChI=1S/C17H31N3O2.ClH/c21-20(16-9-5-2-6-10-16)17(19-11-13-22-14-12-19)18-15-7-3-1-4-8-15;/h15-16,21H,1-14H2;1H. The molecule has 5 nitrogen and oxygen atoms in total. The Morgan fingerprint density at radius 1 is 0.913 bits per heavy atom. The van der Waals surface area contributed by atoms with Crippen molar-refractivity contribution in [3.8, 4) is 0 Å². The number of halogens is 1. The number of hydrogen-bond donors (Lipinski definition) is 1. The van der Waals surface area contributed by atoms with Gasteiger partial charge in [0.15, 0.2) is 0 Å². The summed E-state index contributed by atoms with van der Waals surface area (Å²) in [6.45, 7) is 3.16. The van der Waals surface area contributed by atoms with E-state index >= 15 is 0 Å². The van der Waals surface area contributed by atoms with Gasteiger partial charge in [0, 0.05) is 13.1 Å². The molecule has 0 bridgehead atoms. The smallest absolute Gasteiger partial charge is 0.221 e. The van der Waals surface area contributed by atoms with Gasteiger partial charge in [0.2, 0.25) is 5.96 Å². The number of rotatable bonds is 2. The van der Waals surface area contributed by atoms with Gasteiger partial charge in [0.1, 0.15) is 0 Å². The molecule has 6 heteroatoms. The van der Waals surface area contributed by atoms with Crippen LogP contribution in [0.5, 0.6) is 0 Å². The fourth-order valence-corrected chi connectivity index (χ4v) is 3.91. The van der Waals surface area contributed by atoms with Crippen molar-refractivity contribution in [2.75, 3.05) is 26.3 Å². The van der Waals surface area contributed by atoms with Crippen LogP contribution in [0.4, 0.5) is 0 Å². The van der Waals surface area contributed by atoms with Crippen LogP contribution in [0.3, 0.4) is 0 Å². The van der Waals surface area contributed by atoms with E-state index in [1.807, 2.05) is 0 Å². The summed E-state index contributed by atoms with van der Waals surface area (Å²) in [5.74, 6) is 0.821. The predicted molar refractivity (Wildman–Crippen MR) is 94.4 cm³/mol. The van der Waals surface area contributed by atoms with E-state index in [1.54, 1.807) is 0 Å². The number of guanidine groups is 1. The second kappa shape index (κ2) is 9.70. The Kier molecular flexibility index (Phi) is 7.93. The maximum atomic E-state index is 10.8. The SMILES string of the molecule is Cl.ON(C(=NC1CCCCC1)N1CCOCC1)C1CCCCC1. The lowest BCUT2D eigenvalue weighted by atomic mass is 9.95. The Hall–Kier alpha value is -0.520. The lowest BCUT2D eigenvalue weighted by Crippen LogP contribution is -2.52. The maximum Gasteiger partial charge on any atom is 0.221 e. The van der Waals surface area contributed by atoms with Gasteiger partial charge in [-0.1, -0.05) is 38.5 Å². The lowest BCUT2D eigenvalue weighted by molar-refractivity contribution is -0.0809. The van der Waals surface area contributed by atoms with E-state index in [4.69, 9.17) is 9.73 Å². The minimum atomic E-state index is 0. The molecule has 2 saturated carbocycles. The third kappa shape index (κ3) is 5.23. The number of hydrogen-bond acceptors (Lipinski definition) is 3. The summed E-state index contributed by atoms with van der Waals surface area (Å²) in [5, 5.41) is 12.3. The molecule has 23 heavy (non-hydrogen) atoms. The molecule has 0 unspecified atom stereocenters. The molecule has 3 aliphatic rings. The van der Waals surface area contributed by atoms with E-state index < -0.39 is 0 Å². The largest absolute Gasteiger partial charge is 0.378 e. The minimum absolute atomic E-state index is 0. The Morgan fingerprint density at radius 3 is 2.09 bits per heavy atom. The highest BCUT2D eigenvalue weighted by molar-refractivity contribution is 5.85. The van der Waals surface area contributed by atoms with Gasteiger partial charge in [-0.25, -0.2) is 10.1 Å². The van der Waals surface area contributed by atoms with Gasteiger partial charge in [0.05, 0.1) is 25.3 Å². The second-order valence-electron chi connectivity index (χ2n) is 6.96. The van der Waals surface area contributed by atoms with Gasteiger partial charge in [-0.3, -0.25) is 5.21 Å². The first-order valence-corrected chi connectivity index (χ1v) is 9.23. The van der Waals surface area contributed by atoms with Crippen molar-refractivity contribution >= 4 is 18.4 Å². The van der Waals surface area contributed by atoms with Crippen LogP contribution in [0.2, 0.25) is 0 Å². The molecule has 1 N–H and O–H groups in total. The number of morpholine rings is 1. The molecule has 3 fully saturated rings. The molecule has 0 atom stereocenters. The number of aliphatic imine (C=N–C) groups is 1. The molecule has 0 aromatic heterocycles. The highest BCUT2D eigenvalue weighted by atomic mass is 35.5. The van der Waals surface area contributed by atoms with Crippen molar-refractivity contribution in [1.82, 2.24) is 9.96 Å². The zero-order chi connectivity index (χ0) is 15.2. The first-order valence-electron chi connectivity index (χ1n) is 9.23. The fourth-order valence-electron chi connectivity index (χ4n) is 3.91. The number of ether oxygens (including phenoxy) is 1. The van der Waals surface area contributed by atoms with E-state index in [2.05, 4.69) is 4.90 Å². The summed E-state index contributed by atoms with van der Waals surface area (Å²) < 4.78 is 5.47. The Morgan fingerprint density at radius 2 is 1.48 bits per heavy atom. The lowest BCUT2D eigenvalue weighted by Gasteiger charge is -2.38. The molecule has 1 heterocycles. The van der Waals surface area contributed by atoms with Crippen LogP contribution in [0.1, 0.15) is 64.2 Å². The first kappa shape index (κ1) is 18.8. The van der Waals surface area contributed by atoms with Gasteiger partial charge in [0.25, 0.3) is 0 Å². The van der Waals surface area contributed by atoms with Crippen LogP contribution in [0.15, 0.2) is 4.99 Å². The van der Waals surface area contributed by atoms with Gasteiger partial charge in [-0.05, 0) is 25.7 Å². The molecule has 1 saturated heterocycles. The van der Waals surface area contributed by atoms with Gasteiger partial charge >= 0.3 is 0 Å². The molecule has 0 aromatic rings. The second-order valence-corrected chi connectivity index (χ2v) is 6.96. The highest BCUT2D eigenvalue weighted by Crippen LogP contribution is 2.25. The molecular formula is C17H32ClN3O2. The molecular weight excluding hydrogens is 314 g/mol. The quantitative estimate of drug-likeness (QED) is 0.473. The van der Waals surface area contributed by atoms with Crippen LogP contribution >= 0.6 is 12.4 Å². The van der Waals surface area contributed by atoms with Crippen LogP contribution in [-0.4, -0.2) is 59.5 Å². The molecule has 134 valence electrons. The Bertz CT molecular complexity index is 363. The molecule has 0 spiro atoms. The average molecular weight is 346 g/mol. The van der Waals surface area contributed by atoms with Crippen LogP contribution in [-0.2, 0) is 4.74 Å². The Balaban J connectivity index is 0.00000192. The van der Waals surface area contributed by atoms with E-state index in [1.165, 1.54) is 56.4 Å². The van der Waals surface area contributed by atoms with Gasteiger partial charge in [-0.15, -0.1) is 12.4 Å². The summed E-state index contributed by atoms with van der Waals surface area (Å²) in [6, 6.07) is 0.642. The van der Waals surface area contributed by atoms with Crippen LogP contribution in [0, 0.1) is 0 Å². The molecule has 3 rings (SSSR count). The average Bonchev–Trinajstić information content (AvgIpc) is 2.61. The van der Waals surface area contributed by atoms with Crippen molar-refractivity contribution < 1.29 is 9.94 Å². The summed E-state index contributed by atoms with van der Waals surface area (Å²) in [6.07, 6.45) is 12.2. The third-order valence-corrected chi connectivity index (χ3v) is 5.29. The van der Waals surface area contributed by atoms with Crippen LogP contribution < -0.4 is 0 Å². The monoisotopic (exact) mass is 345 g/mol. The predicted octanol–water partition coefficient (Wildman–Crippen LogP) is 3.45. The van der Waals surface area contributed by atoms with Crippen molar-refractivity contribution in [3.63, 3.8) is 0 Å². The van der Waals surface area contributed by atoms with Crippen molar-refractivity contribution in [1.29, 1.82) is 0 Å². The van der Waals surface area contributed by atoms with Crippen molar-refractivity contribution in [2.45, 2.75) is 76.3 Å². The summed E-state index contributed by atoms with van der Waals surface area (Å²) in [4.78, 5) is 7.23. The van der Waals surface area contributed by atoms with E-state index in [9.17, 15) is 5.21 Å². The van der Waals surface area contributed by atoms with Gasteiger partial charge in [-0.2, -0.15) is 0 Å². The Labute approximate surface area is 146 Å². The maximum absolute atomic E-state index is 10.8. The molecule has 0 amide bonds. The van der Waals surface area contributed by atoms with Gasteiger partial charge < -0.3 is 9.64 Å². The number of hydroxylamine groups is 2. The van der Waals surface area contributed by atoms with E-state index in [-0.39, 0.29) is 18.4 Å². The van der Waals surface area contributed by atoms with E-state index in [0.29, 0.717) is 6.04 Å². The van der Waals surface area contributed by atoms with Crippen molar-refractivity contribution in [2.24, 2.45) is 4.99 Å². The van der Waals surface area contributed by atoms with Crippen molar-refractivity contribution in [3.05, 3.63) is 0 Å². The molecule has 0 radical (unpaired) electrons. The molecule has 0 aromatic carbocycles. The van der Waals surface area contributed by atoms with Crippen LogP contribution in [0.25, 0.3) is 0 Å². The van der Waals surface area contributed by atoms with E-state index in [0.717, 1.165) is 45.1 Å². The first-order chi connectivity index (χ1) is 10.8. The summed E-state index contributed by atoms with van der Waals surface area (Å²) in [5.41, 5.74) is 0. The topological polar surface area (TPSA) is 48.3 Å².